The van der Waals surface area contributed by atoms with E-state index in [2.05, 4.69) is 19.2 Å². The van der Waals surface area contributed by atoms with Crippen LogP contribution >= 0.6 is 0 Å². The van der Waals surface area contributed by atoms with Gasteiger partial charge in [-0.15, -0.1) is 0 Å². The van der Waals surface area contributed by atoms with Crippen LogP contribution in [0.5, 0.6) is 0 Å². The maximum atomic E-state index is 11.4. The van der Waals surface area contributed by atoms with Crippen LogP contribution in [0.2, 0.25) is 0 Å². The minimum absolute atomic E-state index is 0.558. The average molecular weight is 205 g/mol. The van der Waals surface area contributed by atoms with E-state index in [-0.39, 0.29) is 0 Å². The molecule has 0 aromatic heterocycles. The molecule has 0 radical (unpaired) electrons. The van der Waals surface area contributed by atoms with Crippen LogP contribution in [0.3, 0.4) is 0 Å². The molecule has 13 heavy (non-hydrogen) atoms. The predicted octanol–water partition coefficient (Wildman–Crippen LogP) is 1.92. The molecular formula is C10H23NOS. The van der Waals surface area contributed by atoms with Gasteiger partial charge in [0.2, 0.25) is 0 Å². The third kappa shape index (κ3) is 8.44. The third-order valence-corrected chi connectivity index (χ3v) is 3.72. The molecule has 3 heteroatoms. The number of unbranched alkanes of at least 4 members (excludes halogenated alkanes) is 1. The van der Waals surface area contributed by atoms with Gasteiger partial charge in [-0.1, -0.05) is 13.3 Å². The minimum Gasteiger partial charge on any atom is -0.317 e. The van der Waals surface area contributed by atoms with Gasteiger partial charge in [0, 0.05) is 28.3 Å². The van der Waals surface area contributed by atoms with Crippen LogP contribution in [0.25, 0.3) is 0 Å². The molecule has 0 rings (SSSR count). The second-order valence-corrected chi connectivity index (χ2v) is 5.23. The Hall–Kier alpha value is 0.110. The molecular weight excluding hydrogens is 182 g/mol. The van der Waals surface area contributed by atoms with Crippen molar-refractivity contribution >= 4 is 10.8 Å². The first-order chi connectivity index (χ1) is 6.20. The lowest BCUT2D eigenvalue weighted by molar-refractivity contribution is 0.557. The van der Waals surface area contributed by atoms with Gasteiger partial charge in [-0.3, -0.25) is 4.21 Å². The van der Waals surface area contributed by atoms with Crippen LogP contribution in [0, 0.1) is 0 Å². The first kappa shape index (κ1) is 13.1. The van der Waals surface area contributed by atoms with Gasteiger partial charge >= 0.3 is 0 Å². The Bertz CT molecular complexity index is 139. The number of hydrogen-bond donors (Lipinski definition) is 1. The highest BCUT2D eigenvalue weighted by molar-refractivity contribution is 7.84. The summed E-state index contributed by atoms with van der Waals surface area (Å²) in [4.78, 5) is 0. The van der Waals surface area contributed by atoms with E-state index in [1.54, 1.807) is 0 Å². The van der Waals surface area contributed by atoms with Gasteiger partial charge in [0.1, 0.15) is 0 Å². The molecule has 0 aromatic rings. The molecule has 2 atom stereocenters. The standard InChI is InChI=1S/C10H23NOS/c1-4-5-8-13(12)9-6-7-10(2)11-3/h10-11H,4-9H2,1-3H3. The SMILES string of the molecule is CCCCS(=O)CCCC(C)NC. The van der Waals surface area contributed by atoms with Crippen molar-refractivity contribution in [3.63, 3.8) is 0 Å². The first-order valence-corrected chi connectivity index (χ1v) is 6.71. The van der Waals surface area contributed by atoms with Gasteiger partial charge in [-0.05, 0) is 33.2 Å². The molecule has 0 bridgehead atoms. The lowest BCUT2D eigenvalue weighted by atomic mass is 10.2. The minimum atomic E-state index is -0.566. The quantitative estimate of drug-likeness (QED) is 0.656. The fourth-order valence-corrected chi connectivity index (χ4v) is 2.41. The summed E-state index contributed by atoms with van der Waals surface area (Å²) in [5, 5.41) is 3.18. The Morgan fingerprint density at radius 2 is 1.92 bits per heavy atom. The van der Waals surface area contributed by atoms with Crippen molar-refractivity contribution in [1.82, 2.24) is 5.32 Å². The van der Waals surface area contributed by atoms with E-state index in [4.69, 9.17) is 0 Å². The van der Waals surface area contributed by atoms with Crippen LogP contribution in [-0.4, -0.2) is 28.8 Å². The number of rotatable bonds is 8. The van der Waals surface area contributed by atoms with Crippen LogP contribution in [0.1, 0.15) is 39.5 Å². The lowest BCUT2D eigenvalue weighted by Gasteiger charge is -2.08. The predicted molar refractivity (Wildman–Crippen MR) is 60.5 cm³/mol. The molecule has 0 saturated heterocycles. The van der Waals surface area contributed by atoms with E-state index in [0.29, 0.717) is 6.04 Å². The van der Waals surface area contributed by atoms with Crippen molar-refractivity contribution in [1.29, 1.82) is 0 Å². The van der Waals surface area contributed by atoms with Gasteiger partial charge < -0.3 is 5.32 Å². The molecule has 0 saturated carbocycles. The van der Waals surface area contributed by atoms with Crippen molar-refractivity contribution in [2.45, 2.75) is 45.6 Å². The highest BCUT2D eigenvalue weighted by Crippen LogP contribution is 1.99. The largest absolute Gasteiger partial charge is 0.317 e. The molecule has 0 amide bonds. The summed E-state index contributed by atoms with van der Waals surface area (Å²) in [5.74, 6) is 1.77. The second kappa shape index (κ2) is 8.70. The fourth-order valence-electron chi connectivity index (χ4n) is 1.10. The summed E-state index contributed by atoms with van der Waals surface area (Å²) in [7, 11) is 1.40. The topological polar surface area (TPSA) is 29.1 Å². The van der Waals surface area contributed by atoms with Gasteiger partial charge in [-0.25, -0.2) is 0 Å². The summed E-state index contributed by atoms with van der Waals surface area (Å²) in [5.41, 5.74) is 0. The first-order valence-electron chi connectivity index (χ1n) is 5.23. The van der Waals surface area contributed by atoms with Crippen LogP contribution in [0.15, 0.2) is 0 Å². The zero-order valence-electron chi connectivity index (χ0n) is 9.14. The van der Waals surface area contributed by atoms with Crippen molar-refractivity contribution in [3.05, 3.63) is 0 Å². The van der Waals surface area contributed by atoms with Crippen LogP contribution in [0.4, 0.5) is 0 Å². The molecule has 2 unspecified atom stereocenters. The molecule has 1 N–H and O–H groups in total. The van der Waals surface area contributed by atoms with Crippen LogP contribution < -0.4 is 5.32 Å². The maximum absolute atomic E-state index is 11.4. The smallest absolute Gasteiger partial charge is 0.0235 e. The Morgan fingerprint density at radius 1 is 1.31 bits per heavy atom. The Kier molecular flexibility index (Phi) is 8.77. The Balaban J connectivity index is 3.26. The summed E-state index contributed by atoms with van der Waals surface area (Å²) in [6.07, 6.45) is 4.47. The fraction of sp³-hybridized carbons (Fsp3) is 1.00. The monoisotopic (exact) mass is 205 g/mol. The zero-order chi connectivity index (χ0) is 10.1. The van der Waals surface area contributed by atoms with E-state index in [1.807, 2.05) is 7.05 Å². The normalized spacial score (nSPS) is 15.6. The van der Waals surface area contributed by atoms with Crippen molar-refractivity contribution in [2.24, 2.45) is 0 Å². The summed E-state index contributed by atoms with van der Waals surface area (Å²) < 4.78 is 11.4. The molecule has 0 aliphatic rings. The summed E-state index contributed by atoms with van der Waals surface area (Å²) in [6.45, 7) is 4.30. The molecule has 0 spiro atoms. The highest BCUT2D eigenvalue weighted by atomic mass is 32.2. The summed E-state index contributed by atoms with van der Waals surface area (Å²) in [6, 6.07) is 0.558. The van der Waals surface area contributed by atoms with E-state index in [9.17, 15) is 4.21 Å². The maximum Gasteiger partial charge on any atom is 0.0235 e. The molecule has 0 aliphatic heterocycles. The number of hydrogen-bond acceptors (Lipinski definition) is 2. The molecule has 0 aromatic carbocycles. The molecule has 2 nitrogen and oxygen atoms in total. The van der Waals surface area contributed by atoms with Gasteiger partial charge in [-0.2, -0.15) is 0 Å². The second-order valence-electron chi connectivity index (χ2n) is 3.53. The average Bonchev–Trinajstić information content (AvgIpc) is 2.14. The third-order valence-electron chi connectivity index (χ3n) is 2.23. The molecule has 0 heterocycles. The van der Waals surface area contributed by atoms with Crippen molar-refractivity contribution < 1.29 is 4.21 Å². The zero-order valence-corrected chi connectivity index (χ0v) is 9.95. The Labute approximate surface area is 84.9 Å². The van der Waals surface area contributed by atoms with E-state index in [0.717, 1.165) is 37.2 Å². The molecule has 0 aliphatic carbocycles. The number of nitrogens with one attached hydrogen (secondary N) is 1. The molecule has 0 fully saturated rings. The summed E-state index contributed by atoms with van der Waals surface area (Å²) >= 11 is 0. The van der Waals surface area contributed by atoms with Gasteiger partial charge in [0.05, 0.1) is 0 Å². The van der Waals surface area contributed by atoms with Gasteiger partial charge in [0.25, 0.3) is 0 Å². The highest BCUT2D eigenvalue weighted by Gasteiger charge is 2.01. The lowest BCUT2D eigenvalue weighted by Crippen LogP contribution is -2.21. The van der Waals surface area contributed by atoms with E-state index < -0.39 is 10.8 Å². The van der Waals surface area contributed by atoms with Crippen molar-refractivity contribution in [2.75, 3.05) is 18.6 Å². The van der Waals surface area contributed by atoms with Gasteiger partial charge in [0.15, 0.2) is 0 Å². The van der Waals surface area contributed by atoms with Crippen molar-refractivity contribution in [3.8, 4) is 0 Å². The van der Waals surface area contributed by atoms with E-state index in [1.165, 1.54) is 0 Å². The van der Waals surface area contributed by atoms with Crippen LogP contribution in [-0.2, 0) is 10.8 Å². The Morgan fingerprint density at radius 3 is 2.46 bits per heavy atom. The molecule has 80 valence electrons. The van der Waals surface area contributed by atoms with E-state index >= 15 is 0 Å².